The van der Waals surface area contributed by atoms with Crippen LogP contribution in [0.5, 0.6) is 23.0 Å². The summed E-state index contributed by atoms with van der Waals surface area (Å²) in [6.07, 6.45) is 0. The lowest BCUT2D eigenvalue weighted by Gasteiger charge is -2.13. The van der Waals surface area contributed by atoms with Gasteiger partial charge in [0, 0.05) is 13.8 Å². The molecular formula is C19H18O7. The number of esters is 2. The van der Waals surface area contributed by atoms with Crippen LogP contribution in [0, 0.1) is 0 Å². The fourth-order valence-corrected chi connectivity index (χ4v) is 2.26. The molecule has 0 fully saturated rings. The molecule has 0 saturated carbocycles. The van der Waals surface area contributed by atoms with E-state index >= 15 is 0 Å². The molecule has 26 heavy (non-hydrogen) atoms. The summed E-state index contributed by atoms with van der Waals surface area (Å²) in [5.41, 5.74) is 0.169. The van der Waals surface area contributed by atoms with Crippen molar-refractivity contribution in [2.75, 3.05) is 14.2 Å². The highest BCUT2D eigenvalue weighted by Gasteiger charge is 2.22. The number of carbonyl (C=O) groups is 3. The van der Waals surface area contributed by atoms with E-state index in [1.807, 2.05) is 0 Å². The first-order chi connectivity index (χ1) is 12.3. The van der Waals surface area contributed by atoms with Crippen molar-refractivity contribution in [3.63, 3.8) is 0 Å². The third-order valence-electron chi connectivity index (χ3n) is 3.37. The predicted molar refractivity (Wildman–Crippen MR) is 92.0 cm³/mol. The van der Waals surface area contributed by atoms with Crippen molar-refractivity contribution in [2.45, 2.75) is 13.8 Å². The van der Waals surface area contributed by atoms with Gasteiger partial charge in [-0.3, -0.25) is 14.4 Å². The fraction of sp³-hybridized carbons (Fsp3) is 0.211. The van der Waals surface area contributed by atoms with Gasteiger partial charge in [0.15, 0.2) is 0 Å². The van der Waals surface area contributed by atoms with E-state index in [2.05, 4.69) is 0 Å². The maximum absolute atomic E-state index is 13.1. The second kappa shape index (κ2) is 8.15. The molecule has 2 aromatic carbocycles. The molecule has 0 amide bonds. The molecule has 0 heterocycles. The first-order valence-corrected chi connectivity index (χ1v) is 7.63. The van der Waals surface area contributed by atoms with Crippen LogP contribution < -0.4 is 18.9 Å². The summed E-state index contributed by atoms with van der Waals surface area (Å²) >= 11 is 0. The highest BCUT2D eigenvalue weighted by molar-refractivity contribution is 6.13. The molecule has 7 heteroatoms. The molecule has 7 nitrogen and oxygen atoms in total. The SMILES string of the molecule is COc1ccc(OC(C)=O)c(C(=O)c2cc(OC)ccc2OC(C)=O)c1. The minimum Gasteiger partial charge on any atom is -0.497 e. The minimum absolute atomic E-state index is 0.0693. The van der Waals surface area contributed by atoms with Gasteiger partial charge in [0.1, 0.15) is 23.0 Å². The summed E-state index contributed by atoms with van der Waals surface area (Å²) in [5.74, 6) is -0.720. The molecule has 0 aromatic heterocycles. The molecular weight excluding hydrogens is 340 g/mol. The Bertz CT molecular complexity index is 785. The molecule has 0 bridgehead atoms. The van der Waals surface area contributed by atoms with Crippen molar-refractivity contribution in [1.29, 1.82) is 0 Å². The zero-order valence-electron chi connectivity index (χ0n) is 14.8. The van der Waals surface area contributed by atoms with Crippen LogP contribution in [0.3, 0.4) is 0 Å². The van der Waals surface area contributed by atoms with Crippen LogP contribution in [-0.2, 0) is 9.59 Å². The summed E-state index contributed by atoms with van der Waals surface area (Å²) in [5, 5.41) is 0. The van der Waals surface area contributed by atoms with E-state index < -0.39 is 17.7 Å². The number of benzene rings is 2. The fourth-order valence-electron chi connectivity index (χ4n) is 2.26. The quantitative estimate of drug-likeness (QED) is 0.446. The Kier molecular flexibility index (Phi) is 5.95. The predicted octanol–water partition coefficient (Wildman–Crippen LogP) is 2.79. The largest absolute Gasteiger partial charge is 0.497 e. The summed E-state index contributed by atoms with van der Waals surface area (Å²) in [7, 11) is 2.90. The Morgan fingerprint density at radius 1 is 0.692 bits per heavy atom. The van der Waals surface area contributed by atoms with Gasteiger partial charge in [-0.05, 0) is 36.4 Å². The average Bonchev–Trinajstić information content (AvgIpc) is 2.61. The van der Waals surface area contributed by atoms with Crippen LogP contribution in [0.1, 0.15) is 29.8 Å². The normalized spacial score (nSPS) is 10.0. The Balaban J connectivity index is 2.60. The lowest BCUT2D eigenvalue weighted by molar-refractivity contribution is -0.132. The van der Waals surface area contributed by atoms with E-state index in [0.29, 0.717) is 11.5 Å². The number of hydrogen-bond acceptors (Lipinski definition) is 7. The Morgan fingerprint density at radius 3 is 1.38 bits per heavy atom. The van der Waals surface area contributed by atoms with Crippen molar-refractivity contribution in [1.82, 2.24) is 0 Å². The van der Waals surface area contributed by atoms with Gasteiger partial charge in [-0.2, -0.15) is 0 Å². The van der Waals surface area contributed by atoms with E-state index in [9.17, 15) is 14.4 Å². The van der Waals surface area contributed by atoms with Gasteiger partial charge in [-0.1, -0.05) is 0 Å². The highest BCUT2D eigenvalue weighted by atomic mass is 16.5. The molecule has 0 aliphatic heterocycles. The molecule has 2 rings (SSSR count). The van der Waals surface area contributed by atoms with Crippen molar-refractivity contribution >= 4 is 17.7 Å². The number of methoxy groups -OCH3 is 2. The maximum atomic E-state index is 13.1. The summed E-state index contributed by atoms with van der Waals surface area (Å²) in [4.78, 5) is 35.8. The lowest BCUT2D eigenvalue weighted by atomic mass is 10.0. The maximum Gasteiger partial charge on any atom is 0.308 e. The minimum atomic E-state index is -0.574. The molecule has 0 saturated heterocycles. The Hall–Kier alpha value is -3.35. The zero-order valence-corrected chi connectivity index (χ0v) is 14.8. The van der Waals surface area contributed by atoms with Gasteiger partial charge >= 0.3 is 11.9 Å². The molecule has 2 aromatic rings. The van der Waals surface area contributed by atoms with Crippen LogP contribution in [0.25, 0.3) is 0 Å². The summed E-state index contributed by atoms with van der Waals surface area (Å²) in [6.45, 7) is 2.46. The van der Waals surface area contributed by atoms with Gasteiger partial charge in [-0.25, -0.2) is 0 Å². The Morgan fingerprint density at radius 2 is 1.08 bits per heavy atom. The smallest absolute Gasteiger partial charge is 0.308 e. The standard InChI is InChI=1S/C19H18O7/c1-11(20)25-17-7-5-13(23-3)9-15(17)19(22)16-10-14(24-4)6-8-18(16)26-12(2)21/h5-10H,1-4H3. The zero-order chi connectivity index (χ0) is 19.3. The van der Waals surface area contributed by atoms with E-state index in [4.69, 9.17) is 18.9 Å². The molecule has 0 aliphatic carbocycles. The number of hydrogen-bond donors (Lipinski definition) is 0. The monoisotopic (exact) mass is 358 g/mol. The van der Waals surface area contributed by atoms with Gasteiger partial charge in [0.2, 0.25) is 5.78 Å². The molecule has 136 valence electrons. The Labute approximate surface area is 150 Å². The number of ether oxygens (including phenoxy) is 4. The van der Waals surface area contributed by atoms with Crippen molar-refractivity contribution in [2.24, 2.45) is 0 Å². The lowest BCUT2D eigenvalue weighted by Crippen LogP contribution is -2.12. The molecule has 0 radical (unpaired) electrons. The van der Waals surface area contributed by atoms with Crippen LogP contribution in [0.15, 0.2) is 36.4 Å². The van der Waals surface area contributed by atoms with Gasteiger partial charge in [0.25, 0.3) is 0 Å². The van der Waals surface area contributed by atoms with E-state index in [-0.39, 0.29) is 22.6 Å². The van der Waals surface area contributed by atoms with Gasteiger partial charge in [-0.15, -0.1) is 0 Å². The van der Waals surface area contributed by atoms with Crippen molar-refractivity contribution in [3.05, 3.63) is 47.5 Å². The third-order valence-corrected chi connectivity index (χ3v) is 3.37. The molecule has 0 aliphatic rings. The topological polar surface area (TPSA) is 88.1 Å². The van der Waals surface area contributed by atoms with Crippen LogP contribution >= 0.6 is 0 Å². The second-order valence-electron chi connectivity index (χ2n) is 5.24. The first-order valence-electron chi connectivity index (χ1n) is 7.63. The number of carbonyl (C=O) groups excluding carboxylic acids is 3. The third kappa shape index (κ3) is 4.38. The van der Waals surface area contributed by atoms with Crippen LogP contribution in [0.4, 0.5) is 0 Å². The first kappa shape index (κ1) is 19.0. The van der Waals surface area contributed by atoms with Crippen LogP contribution in [-0.4, -0.2) is 31.9 Å². The van der Waals surface area contributed by atoms with E-state index in [0.717, 1.165) is 0 Å². The van der Waals surface area contributed by atoms with Crippen molar-refractivity contribution < 1.29 is 33.3 Å². The summed E-state index contributed by atoms with van der Waals surface area (Å²) < 4.78 is 20.5. The average molecular weight is 358 g/mol. The number of rotatable bonds is 6. The number of ketones is 1. The van der Waals surface area contributed by atoms with Gasteiger partial charge in [0.05, 0.1) is 25.3 Å². The van der Waals surface area contributed by atoms with E-state index in [1.54, 1.807) is 12.1 Å². The van der Waals surface area contributed by atoms with Crippen LogP contribution in [0.2, 0.25) is 0 Å². The molecule has 0 spiro atoms. The molecule has 0 unspecified atom stereocenters. The summed E-state index contributed by atoms with van der Waals surface area (Å²) in [6, 6.07) is 8.93. The van der Waals surface area contributed by atoms with Crippen molar-refractivity contribution in [3.8, 4) is 23.0 Å². The van der Waals surface area contributed by atoms with E-state index in [1.165, 1.54) is 52.3 Å². The van der Waals surface area contributed by atoms with Gasteiger partial charge < -0.3 is 18.9 Å². The molecule has 0 atom stereocenters. The second-order valence-corrected chi connectivity index (χ2v) is 5.24. The molecule has 0 N–H and O–H groups in total. The highest BCUT2D eigenvalue weighted by Crippen LogP contribution is 2.32.